The molecule has 1 fully saturated rings. The van der Waals surface area contributed by atoms with Gasteiger partial charge < -0.3 is 20.5 Å². The summed E-state index contributed by atoms with van der Waals surface area (Å²) < 4.78 is 5.32. The minimum atomic E-state index is -0.896. The molecule has 1 aromatic rings. The number of primary amides is 1. The molecule has 2 atom stereocenters. The fraction of sp³-hybridized carbons (Fsp3) is 0.385. The zero-order chi connectivity index (χ0) is 15.1. The maximum absolute atomic E-state index is 12.0. The molecule has 21 heavy (non-hydrogen) atoms. The maximum Gasteiger partial charge on any atom is 0.345 e. The van der Waals surface area contributed by atoms with E-state index in [1.807, 2.05) is 0 Å². The highest BCUT2D eigenvalue weighted by Gasteiger charge is 2.49. The molecule has 8 heteroatoms. The number of rotatable bonds is 4. The lowest BCUT2D eigenvalue weighted by Gasteiger charge is -2.30. The minimum Gasteiger partial charge on any atom is -0.491 e. The van der Waals surface area contributed by atoms with E-state index in [1.54, 1.807) is 18.2 Å². The van der Waals surface area contributed by atoms with Crippen molar-refractivity contribution >= 4 is 11.9 Å². The summed E-state index contributed by atoms with van der Waals surface area (Å²) in [6.45, 7) is 0.207. The SMILES string of the molecule is NC(=O)C1c2ccc(OCCO)cc2C2CN1C(=O)N2O. The maximum atomic E-state index is 12.0. The van der Waals surface area contributed by atoms with E-state index in [-0.39, 0.29) is 19.8 Å². The molecule has 2 aliphatic heterocycles. The van der Waals surface area contributed by atoms with E-state index in [0.29, 0.717) is 21.9 Å². The van der Waals surface area contributed by atoms with Gasteiger partial charge in [0.15, 0.2) is 0 Å². The summed E-state index contributed by atoms with van der Waals surface area (Å²) in [6, 6.07) is 2.86. The fourth-order valence-electron chi connectivity index (χ4n) is 2.87. The van der Waals surface area contributed by atoms with Crippen molar-refractivity contribution in [3.05, 3.63) is 29.3 Å². The smallest absolute Gasteiger partial charge is 0.345 e. The van der Waals surface area contributed by atoms with Crippen molar-refractivity contribution in [3.63, 3.8) is 0 Å². The number of carbonyl (C=O) groups excluding carboxylic acids is 2. The van der Waals surface area contributed by atoms with E-state index in [2.05, 4.69) is 0 Å². The first-order valence-corrected chi connectivity index (χ1v) is 6.50. The van der Waals surface area contributed by atoms with E-state index in [4.69, 9.17) is 15.6 Å². The van der Waals surface area contributed by atoms with Gasteiger partial charge in [-0.1, -0.05) is 6.07 Å². The van der Waals surface area contributed by atoms with Gasteiger partial charge in [0.1, 0.15) is 24.4 Å². The van der Waals surface area contributed by atoms with Gasteiger partial charge in [0, 0.05) is 0 Å². The van der Waals surface area contributed by atoms with Gasteiger partial charge in [-0.3, -0.25) is 10.0 Å². The third kappa shape index (κ3) is 1.99. The Labute approximate surface area is 120 Å². The second-order valence-electron chi connectivity index (χ2n) is 4.96. The molecule has 4 N–H and O–H groups in total. The summed E-state index contributed by atoms with van der Waals surface area (Å²) in [6.07, 6.45) is 0. The number of amides is 3. The Balaban J connectivity index is 2.05. The molecule has 8 nitrogen and oxygen atoms in total. The third-order valence-electron chi connectivity index (χ3n) is 3.76. The monoisotopic (exact) mass is 293 g/mol. The quantitative estimate of drug-likeness (QED) is 0.663. The molecule has 2 bridgehead atoms. The number of hydroxylamine groups is 2. The van der Waals surface area contributed by atoms with Gasteiger partial charge in [-0.05, 0) is 23.3 Å². The molecule has 2 unspecified atom stereocenters. The highest BCUT2D eigenvalue weighted by Crippen LogP contribution is 2.43. The lowest BCUT2D eigenvalue weighted by atomic mass is 9.90. The summed E-state index contributed by atoms with van der Waals surface area (Å²) in [4.78, 5) is 24.9. The Bertz CT molecular complexity index is 605. The van der Waals surface area contributed by atoms with Gasteiger partial charge in [0.05, 0.1) is 13.2 Å². The van der Waals surface area contributed by atoms with Crippen molar-refractivity contribution in [1.29, 1.82) is 0 Å². The summed E-state index contributed by atoms with van der Waals surface area (Å²) >= 11 is 0. The van der Waals surface area contributed by atoms with Crippen molar-refractivity contribution in [2.24, 2.45) is 5.73 Å². The van der Waals surface area contributed by atoms with E-state index in [9.17, 15) is 14.8 Å². The van der Waals surface area contributed by atoms with Crippen LogP contribution in [0.1, 0.15) is 23.2 Å². The van der Waals surface area contributed by atoms with Gasteiger partial charge in [0.2, 0.25) is 5.91 Å². The Morgan fingerprint density at radius 1 is 1.43 bits per heavy atom. The number of hydrogen-bond donors (Lipinski definition) is 3. The molecule has 3 amide bonds. The fourth-order valence-corrected chi connectivity index (χ4v) is 2.87. The van der Waals surface area contributed by atoms with E-state index < -0.39 is 24.0 Å². The Kier molecular flexibility index (Phi) is 3.19. The molecule has 0 spiro atoms. The van der Waals surface area contributed by atoms with Crippen LogP contribution in [0, 0.1) is 0 Å². The molecular formula is C13H15N3O5. The van der Waals surface area contributed by atoms with Gasteiger partial charge in [-0.15, -0.1) is 0 Å². The topological polar surface area (TPSA) is 116 Å². The number of urea groups is 1. The van der Waals surface area contributed by atoms with Crippen LogP contribution in [0.25, 0.3) is 0 Å². The van der Waals surface area contributed by atoms with Crippen molar-refractivity contribution in [2.75, 3.05) is 19.8 Å². The Morgan fingerprint density at radius 2 is 2.19 bits per heavy atom. The van der Waals surface area contributed by atoms with Crippen LogP contribution in [0.15, 0.2) is 18.2 Å². The van der Waals surface area contributed by atoms with Crippen LogP contribution in [-0.4, -0.2) is 52.0 Å². The van der Waals surface area contributed by atoms with Crippen LogP contribution in [0.5, 0.6) is 5.75 Å². The lowest BCUT2D eigenvalue weighted by molar-refractivity contribution is -0.122. The van der Waals surface area contributed by atoms with Crippen LogP contribution in [0.2, 0.25) is 0 Å². The van der Waals surface area contributed by atoms with Crippen molar-refractivity contribution in [1.82, 2.24) is 9.96 Å². The van der Waals surface area contributed by atoms with Crippen LogP contribution in [-0.2, 0) is 4.79 Å². The lowest BCUT2D eigenvalue weighted by Crippen LogP contribution is -2.41. The zero-order valence-electron chi connectivity index (χ0n) is 11.1. The van der Waals surface area contributed by atoms with Crippen molar-refractivity contribution in [3.8, 4) is 5.75 Å². The van der Waals surface area contributed by atoms with Crippen LogP contribution < -0.4 is 10.5 Å². The number of nitrogens with two attached hydrogens (primary N) is 1. The molecule has 0 aliphatic carbocycles. The normalized spacial score (nSPS) is 23.2. The first-order chi connectivity index (χ1) is 10.0. The first-order valence-electron chi connectivity index (χ1n) is 6.50. The first kappa shape index (κ1) is 13.7. The van der Waals surface area contributed by atoms with Crippen LogP contribution in [0.4, 0.5) is 4.79 Å². The second kappa shape index (κ2) is 4.90. The molecule has 0 saturated carbocycles. The summed E-state index contributed by atoms with van der Waals surface area (Å²) in [5, 5.41) is 19.3. The molecular weight excluding hydrogens is 278 g/mol. The van der Waals surface area contributed by atoms with E-state index in [1.165, 1.54) is 4.90 Å². The van der Waals surface area contributed by atoms with Crippen molar-refractivity contribution < 1.29 is 24.6 Å². The number of ether oxygens (including phenoxy) is 1. The van der Waals surface area contributed by atoms with E-state index >= 15 is 0 Å². The predicted molar refractivity (Wildman–Crippen MR) is 69.4 cm³/mol. The highest BCUT2D eigenvalue weighted by molar-refractivity contribution is 5.90. The van der Waals surface area contributed by atoms with Gasteiger partial charge >= 0.3 is 6.03 Å². The Morgan fingerprint density at radius 3 is 2.86 bits per heavy atom. The predicted octanol–water partition coefficient (Wildman–Crippen LogP) is -0.234. The van der Waals surface area contributed by atoms with Crippen LogP contribution >= 0.6 is 0 Å². The number of aliphatic hydroxyl groups excluding tert-OH is 1. The molecule has 3 rings (SSSR count). The van der Waals surface area contributed by atoms with E-state index in [0.717, 1.165) is 0 Å². The number of benzene rings is 1. The molecule has 0 aromatic heterocycles. The highest BCUT2D eigenvalue weighted by atomic mass is 16.5. The summed E-state index contributed by atoms with van der Waals surface area (Å²) in [5.41, 5.74) is 6.60. The summed E-state index contributed by atoms with van der Waals surface area (Å²) in [5.74, 6) is -0.158. The molecule has 1 saturated heterocycles. The largest absolute Gasteiger partial charge is 0.491 e. The van der Waals surface area contributed by atoms with Crippen molar-refractivity contribution in [2.45, 2.75) is 12.1 Å². The number of aliphatic hydroxyl groups is 1. The second-order valence-corrected chi connectivity index (χ2v) is 4.96. The number of fused-ring (bicyclic) bond motifs is 4. The Hall–Kier alpha value is -2.32. The molecule has 2 aliphatic rings. The van der Waals surface area contributed by atoms with Gasteiger partial charge in [-0.2, -0.15) is 5.06 Å². The number of carbonyl (C=O) groups is 2. The molecule has 2 heterocycles. The molecule has 112 valence electrons. The number of nitrogens with zero attached hydrogens (tertiary/aromatic N) is 2. The molecule has 1 aromatic carbocycles. The standard InChI is InChI=1S/C13H15N3O5/c14-12(18)11-8-2-1-7(21-4-3-17)5-9(8)10-6-15(11)13(19)16(10)20/h1-2,5,10-11,17,20H,3-4,6H2,(H2,14,18). The summed E-state index contributed by atoms with van der Waals surface area (Å²) in [7, 11) is 0. The van der Waals surface area contributed by atoms with Crippen LogP contribution in [0.3, 0.4) is 0 Å². The average molecular weight is 293 g/mol. The number of hydrogen-bond acceptors (Lipinski definition) is 5. The minimum absolute atomic E-state index is 0.122. The molecule has 0 radical (unpaired) electrons. The van der Waals surface area contributed by atoms with Gasteiger partial charge in [-0.25, -0.2) is 4.79 Å². The zero-order valence-corrected chi connectivity index (χ0v) is 11.1. The third-order valence-corrected chi connectivity index (χ3v) is 3.76. The van der Waals surface area contributed by atoms with Gasteiger partial charge in [0.25, 0.3) is 0 Å². The average Bonchev–Trinajstić information content (AvgIpc) is 2.72.